The molecule has 1 aromatic carbocycles. The van der Waals surface area contributed by atoms with Gasteiger partial charge in [-0.2, -0.15) is 8.78 Å². The van der Waals surface area contributed by atoms with Gasteiger partial charge < -0.3 is 14.5 Å². The minimum absolute atomic E-state index is 0.0947. The Hall–Kier alpha value is -2.02. The zero-order chi connectivity index (χ0) is 15.1. The van der Waals surface area contributed by atoms with Gasteiger partial charge in [-0.25, -0.2) is 0 Å². The molecule has 0 aliphatic rings. The predicted molar refractivity (Wildman–Crippen MR) is 73.2 cm³/mol. The van der Waals surface area contributed by atoms with E-state index in [1.165, 1.54) is 12.1 Å². The SMILES string of the molecule is CCCNCCc1nnc(-c2ccc(OC(F)F)cc2)o1. The van der Waals surface area contributed by atoms with E-state index >= 15 is 0 Å². The van der Waals surface area contributed by atoms with Gasteiger partial charge in [-0.15, -0.1) is 10.2 Å². The van der Waals surface area contributed by atoms with Gasteiger partial charge in [0.1, 0.15) is 5.75 Å². The first-order valence-corrected chi connectivity index (χ1v) is 6.77. The number of hydrogen-bond donors (Lipinski definition) is 1. The summed E-state index contributed by atoms with van der Waals surface area (Å²) >= 11 is 0. The molecule has 1 aromatic heterocycles. The molecule has 0 fully saturated rings. The highest BCUT2D eigenvalue weighted by molar-refractivity contribution is 5.53. The molecule has 0 unspecified atom stereocenters. The summed E-state index contributed by atoms with van der Waals surface area (Å²) in [5.41, 5.74) is 0.664. The van der Waals surface area contributed by atoms with Crippen LogP contribution in [0.5, 0.6) is 5.75 Å². The highest BCUT2D eigenvalue weighted by Gasteiger charge is 2.09. The molecule has 0 amide bonds. The summed E-state index contributed by atoms with van der Waals surface area (Å²) in [6, 6.07) is 6.08. The quantitative estimate of drug-likeness (QED) is 0.759. The first-order chi connectivity index (χ1) is 10.2. The van der Waals surface area contributed by atoms with E-state index in [-0.39, 0.29) is 5.75 Å². The third kappa shape index (κ3) is 4.78. The van der Waals surface area contributed by atoms with Gasteiger partial charge in [0.25, 0.3) is 0 Å². The van der Waals surface area contributed by atoms with Crippen molar-refractivity contribution in [3.8, 4) is 17.2 Å². The van der Waals surface area contributed by atoms with Gasteiger partial charge >= 0.3 is 6.61 Å². The maximum atomic E-state index is 12.1. The topological polar surface area (TPSA) is 60.2 Å². The van der Waals surface area contributed by atoms with E-state index < -0.39 is 6.61 Å². The zero-order valence-electron chi connectivity index (χ0n) is 11.7. The van der Waals surface area contributed by atoms with Crippen molar-refractivity contribution in [2.45, 2.75) is 26.4 Å². The van der Waals surface area contributed by atoms with E-state index in [0.29, 0.717) is 23.8 Å². The lowest BCUT2D eigenvalue weighted by Crippen LogP contribution is -2.17. The Labute approximate surface area is 121 Å². The van der Waals surface area contributed by atoms with Gasteiger partial charge in [-0.3, -0.25) is 0 Å². The molecule has 1 heterocycles. The molecule has 0 bridgehead atoms. The number of nitrogens with one attached hydrogen (secondary N) is 1. The summed E-state index contributed by atoms with van der Waals surface area (Å²) in [6.07, 6.45) is 1.72. The summed E-state index contributed by atoms with van der Waals surface area (Å²) in [5, 5.41) is 11.1. The first kappa shape index (κ1) is 15.4. The van der Waals surface area contributed by atoms with Crippen molar-refractivity contribution in [3.05, 3.63) is 30.2 Å². The molecule has 21 heavy (non-hydrogen) atoms. The van der Waals surface area contributed by atoms with Crippen molar-refractivity contribution < 1.29 is 17.9 Å². The smallest absolute Gasteiger partial charge is 0.387 e. The standard InChI is InChI=1S/C14H17F2N3O2/c1-2-8-17-9-7-12-18-19-13(21-12)10-3-5-11(6-4-10)20-14(15)16/h3-6,14,17H,2,7-9H2,1H3. The number of halogens is 2. The van der Waals surface area contributed by atoms with Crippen LogP contribution in [0.1, 0.15) is 19.2 Å². The fourth-order valence-electron chi connectivity index (χ4n) is 1.75. The average molecular weight is 297 g/mol. The third-order valence-corrected chi connectivity index (χ3v) is 2.74. The Kier molecular flexibility index (Phi) is 5.62. The lowest BCUT2D eigenvalue weighted by Gasteiger charge is -2.03. The second-order valence-electron chi connectivity index (χ2n) is 4.40. The van der Waals surface area contributed by atoms with Crippen LogP contribution in [-0.2, 0) is 6.42 Å². The van der Waals surface area contributed by atoms with Crippen LogP contribution >= 0.6 is 0 Å². The van der Waals surface area contributed by atoms with Gasteiger partial charge in [0.05, 0.1) is 0 Å². The molecule has 1 N–H and O–H groups in total. The lowest BCUT2D eigenvalue weighted by molar-refractivity contribution is -0.0498. The fraction of sp³-hybridized carbons (Fsp3) is 0.429. The van der Waals surface area contributed by atoms with Crippen LogP contribution in [0.2, 0.25) is 0 Å². The lowest BCUT2D eigenvalue weighted by atomic mass is 10.2. The van der Waals surface area contributed by atoms with Crippen LogP contribution in [0.4, 0.5) is 8.78 Å². The molecular weight excluding hydrogens is 280 g/mol. The van der Waals surface area contributed by atoms with E-state index in [0.717, 1.165) is 19.5 Å². The van der Waals surface area contributed by atoms with Crippen molar-refractivity contribution in [1.82, 2.24) is 15.5 Å². The fourth-order valence-corrected chi connectivity index (χ4v) is 1.75. The van der Waals surface area contributed by atoms with E-state index in [1.54, 1.807) is 12.1 Å². The summed E-state index contributed by atoms with van der Waals surface area (Å²) in [7, 11) is 0. The maximum Gasteiger partial charge on any atom is 0.387 e. The van der Waals surface area contributed by atoms with Gasteiger partial charge in [0, 0.05) is 18.5 Å². The minimum Gasteiger partial charge on any atom is -0.435 e. The summed E-state index contributed by atoms with van der Waals surface area (Å²) in [4.78, 5) is 0. The molecule has 0 radical (unpaired) electrons. The molecule has 0 spiro atoms. The Morgan fingerprint density at radius 2 is 1.95 bits per heavy atom. The summed E-state index contributed by atoms with van der Waals surface area (Å²) < 4.78 is 33.9. The molecule has 114 valence electrons. The molecule has 5 nitrogen and oxygen atoms in total. The van der Waals surface area contributed by atoms with Crippen LogP contribution in [0, 0.1) is 0 Å². The average Bonchev–Trinajstić information content (AvgIpc) is 2.93. The number of hydrogen-bond acceptors (Lipinski definition) is 5. The van der Waals surface area contributed by atoms with Crippen molar-refractivity contribution in [1.29, 1.82) is 0 Å². The molecule has 7 heteroatoms. The Bertz CT molecular complexity index is 543. The summed E-state index contributed by atoms with van der Waals surface area (Å²) in [5.74, 6) is 1.00. The Morgan fingerprint density at radius 3 is 2.62 bits per heavy atom. The third-order valence-electron chi connectivity index (χ3n) is 2.74. The van der Waals surface area contributed by atoms with Crippen LogP contribution in [-0.4, -0.2) is 29.9 Å². The minimum atomic E-state index is -2.83. The summed E-state index contributed by atoms with van der Waals surface area (Å²) in [6.45, 7) is 0.990. The number of nitrogens with zero attached hydrogens (tertiary/aromatic N) is 2. The van der Waals surface area contributed by atoms with Gasteiger partial charge in [0.2, 0.25) is 11.8 Å². The van der Waals surface area contributed by atoms with Gasteiger partial charge in [-0.05, 0) is 37.2 Å². The van der Waals surface area contributed by atoms with Crippen molar-refractivity contribution in [2.75, 3.05) is 13.1 Å². The molecule has 2 aromatic rings. The highest BCUT2D eigenvalue weighted by atomic mass is 19.3. The van der Waals surface area contributed by atoms with Crippen LogP contribution in [0.3, 0.4) is 0 Å². The van der Waals surface area contributed by atoms with Gasteiger partial charge in [0.15, 0.2) is 0 Å². The van der Waals surface area contributed by atoms with Crippen molar-refractivity contribution in [2.24, 2.45) is 0 Å². The second kappa shape index (κ2) is 7.68. The molecule has 0 atom stereocenters. The Morgan fingerprint density at radius 1 is 1.19 bits per heavy atom. The van der Waals surface area contributed by atoms with Crippen LogP contribution in [0.15, 0.2) is 28.7 Å². The molecule has 2 rings (SSSR count). The molecule has 0 aliphatic heterocycles. The first-order valence-electron chi connectivity index (χ1n) is 6.77. The molecule has 0 aliphatic carbocycles. The van der Waals surface area contributed by atoms with E-state index in [1.807, 2.05) is 0 Å². The maximum absolute atomic E-state index is 12.1. The van der Waals surface area contributed by atoms with E-state index in [2.05, 4.69) is 27.2 Å². The normalized spacial score (nSPS) is 11.0. The van der Waals surface area contributed by atoms with Crippen LogP contribution in [0.25, 0.3) is 11.5 Å². The predicted octanol–water partition coefficient (Wildman–Crippen LogP) is 2.88. The largest absolute Gasteiger partial charge is 0.435 e. The Balaban J connectivity index is 1.94. The zero-order valence-corrected chi connectivity index (χ0v) is 11.7. The molecule has 0 saturated carbocycles. The molecular formula is C14H17F2N3O2. The number of alkyl halides is 2. The van der Waals surface area contributed by atoms with Crippen molar-refractivity contribution >= 4 is 0 Å². The van der Waals surface area contributed by atoms with Crippen molar-refractivity contribution in [3.63, 3.8) is 0 Å². The number of rotatable bonds is 8. The number of benzene rings is 1. The highest BCUT2D eigenvalue weighted by Crippen LogP contribution is 2.22. The van der Waals surface area contributed by atoms with Crippen LogP contribution < -0.4 is 10.1 Å². The molecule has 0 saturated heterocycles. The van der Waals surface area contributed by atoms with E-state index in [4.69, 9.17) is 4.42 Å². The van der Waals surface area contributed by atoms with E-state index in [9.17, 15) is 8.78 Å². The number of ether oxygens (including phenoxy) is 1. The number of aromatic nitrogens is 2. The second-order valence-corrected chi connectivity index (χ2v) is 4.40. The van der Waals surface area contributed by atoms with Gasteiger partial charge in [-0.1, -0.05) is 6.92 Å². The monoisotopic (exact) mass is 297 g/mol.